The number of rotatable bonds is 8. The second kappa shape index (κ2) is 10.9. The molecule has 0 bridgehead atoms. The number of carbonyl (C=O) groups excluding carboxylic acids is 2. The van der Waals surface area contributed by atoms with E-state index in [0.29, 0.717) is 28.2 Å². The third-order valence-electron chi connectivity index (χ3n) is 4.84. The number of amides is 3. The van der Waals surface area contributed by atoms with Crippen LogP contribution < -0.4 is 16.2 Å². The molecule has 0 aliphatic rings. The van der Waals surface area contributed by atoms with Gasteiger partial charge in [-0.15, -0.1) is 0 Å². The fourth-order valence-corrected chi connectivity index (χ4v) is 4.35. The minimum Gasteiger partial charge on any atom is -0.341 e. The molecule has 0 aliphatic heterocycles. The largest absolute Gasteiger partial charge is 0.341 e. The summed E-state index contributed by atoms with van der Waals surface area (Å²) < 4.78 is 1.62. The van der Waals surface area contributed by atoms with Crippen LogP contribution >= 0.6 is 11.8 Å². The van der Waals surface area contributed by atoms with Crippen molar-refractivity contribution < 1.29 is 9.59 Å². The molecule has 0 unspecified atom stereocenters. The molecular weight excluding hydrogens is 426 g/mol. The fraction of sp³-hybridized carbons (Fsp3) is 0.304. The lowest BCUT2D eigenvalue weighted by molar-refractivity contribution is -0.119. The summed E-state index contributed by atoms with van der Waals surface area (Å²) in [6.07, 6.45) is 0.751. The molecule has 2 aromatic carbocycles. The van der Waals surface area contributed by atoms with E-state index in [1.807, 2.05) is 56.6 Å². The van der Waals surface area contributed by atoms with Crippen molar-refractivity contribution in [3.8, 4) is 0 Å². The highest BCUT2D eigenvalue weighted by molar-refractivity contribution is 8.00. The highest BCUT2D eigenvalue weighted by Crippen LogP contribution is 2.34. The summed E-state index contributed by atoms with van der Waals surface area (Å²) in [6.45, 7) is 1.28. The molecule has 168 valence electrons. The first-order chi connectivity index (χ1) is 15.4. The van der Waals surface area contributed by atoms with Gasteiger partial charge in [0, 0.05) is 13.6 Å². The van der Waals surface area contributed by atoms with Gasteiger partial charge in [-0.1, -0.05) is 54.2 Å². The molecule has 1 aromatic heterocycles. The Bertz CT molecular complexity index is 1150. The number of fused-ring (bicyclic) bond motifs is 1. The van der Waals surface area contributed by atoms with E-state index in [0.717, 1.165) is 24.7 Å². The first kappa shape index (κ1) is 23.5. The van der Waals surface area contributed by atoms with Gasteiger partial charge in [0.1, 0.15) is 5.25 Å². The summed E-state index contributed by atoms with van der Waals surface area (Å²) in [4.78, 5) is 44.8. The molecule has 0 saturated carbocycles. The molecule has 3 aromatic rings. The molecule has 0 spiro atoms. The molecule has 0 fully saturated rings. The third kappa shape index (κ3) is 5.74. The lowest BCUT2D eigenvalue weighted by Gasteiger charge is -2.19. The maximum absolute atomic E-state index is 13.3. The van der Waals surface area contributed by atoms with E-state index in [-0.39, 0.29) is 5.56 Å². The highest BCUT2D eigenvalue weighted by atomic mass is 32.2. The molecule has 2 N–H and O–H groups in total. The molecule has 1 atom stereocenters. The molecule has 1 heterocycles. The Labute approximate surface area is 191 Å². The normalized spacial score (nSPS) is 12.0. The number of imide groups is 1. The lowest BCUT2D eigenvalue weighted by atomic mass is 10.1. The van der Waals surface area contributed by atoms with Crippen molar-refractivity contribution in [1.29, 1.82) is 0 Å². The minimum absolute atomic E-state index is 0.143. The van der Waals surface area contributed by atoms with Crippen molar-refractivity contribution in [2.45, 2.75) is 23.4 Å². The molecule has 8 nitrogen and oxygen atoms in total. The molecule has 3 rings (SSSR count). The molecular formula is C23H27N5O3S. The Morgan fingerprint density at radius 2 is 1.78 bits per heavy atom. The summed E-state index contributed by atoms with van der Waals surface area (Å²) in [5.41, 5.74) is 1.14. The van der Waals surface area contributed by atoms with Gasteiger partial charge in [-0.25, -0.2) is 9.78 Å². The molecule has 0 aliphatic carbocycles. The Morgan fingerprint density at radius 3 is 2.47 bits per heavy atom. The first-order valence-electron chi connectivity index (χ1n) is 10.3. The van der Waals surface area contributed by atoms with E-state index < -0.39 is 17.2 Å². The minimum atomic E-state index is -0.762. The number of urea groups is 1. The van der Waals surface area contributed by atoms with Gasteiger partial charge in [0.2, 0.25) is 5.91 Å². The lowest BCUT2D eigenvalue weighted by Crippen LogP contribution is -2.39. The van der Waals surface area contributed by atoms with Crippen LogP contribution in [0.15, 0.2) is 64.5 Å². The van der Waals surface area contributed by atoms with Crippen molar-refractivity contribution in [2.75, 3.05) is 27.7 Å². The molecule has 32 heavy (non-hydrogen) atoms. The number of nitrogens with one attached hydrogen (secondary N) is 2. The van der Waals surface area contributed by atoms with Crippen LogP contribution in [-0.4, -0.2) is 54.1 Å². The van der Waals surface area contributed by atoms with E-state index in [9.17, 15) is 14.4 Å². The zero-order chi connectivity index (χ0) is 23.1. The highest BCUT2D eigenvalue weighted by Gasteiger charge is 2.26. The molecule has 0 radical (unpaired) electrons. The van der Waals surface area contributed by atoms with Crippen LogP contribution in [0, 0.1) is 0 Å². The average molecular weight is 454 g/mol. The Balaban J connectivity index is 2.04. The van der Waals surface area contributed by atoms with E-state index in [2.05, 4.69) is 15.5 Å². The first-order valence-corrected chi connectivity index (χ1v) is 11.2. The van der Waals surface area contributed by atoms with Gasteiger partial charge in [-0.3, -0.25) is 19.5 Å². The topological polar surface area (TPSA) is 96.3 Å². The number of carbonyl (C=O) groups is 2. The van der Waals surface area contributed by atoms with Gasteiger partial charge in [0.25, 0.3) is 5.56 Å². The summed E-state index contributed by atoms with van der Waals surface area (Å²) >= 11 is 1.16. The number of para-hydroxylation sites is 1. The van der Waals surface area contributed by atoms with E-state index in [1.54, 1.807) is 16.7 Å². The number of thioether (sulfide) groups is 1. The molecule has 9 heteroatoms. The summed E-state index contributed by atoms with van der Waals surface area (Å²) in [5.74, 6) is -0.484. The van der Waals surface area contributed by atoms with Gasteiger partial charge in [-0.2, -0.15) is 0 Å². The van der Waals surface area contributed by atoms with Crippen LogP contribution in [0.5, 0.6) is 0 Å². The third-order valence-corrected chi connectivity index (χ3v) is 6.09. The fourth-order valence-electron chi connectivity index (χ4n) is 3.23. The predicted octanol–water partition coefficient (Wildman–Crippen LogP) is 2.64. The summed E-state index contributed by atoms with van der Waals surface area (Å²) in [6, 6.07) is 15.7. The number of benzene rings is 2. The Kier molecular flexibility index (Phi) is 8.02. The van der Waals surface area contributed by atoms with Crippen LogP contribution in [-0.2, 0) is 11.3 Å². The van der Waals surface area contributed by atoms with Gasteiger partial charge in [0.05, 0.1) is 10.9 Å². The van der Waals surface area contributed by atoms with E-state index >= 15 is 0 Å². The number of aromatic nitrogens is 2. The monoisotopic (exact) mass is 453 g/mol. The van der Waals surface area contributed by atoms with Crippen LogP contribution in [0.4, 0.5) is 4.79 Å². The summed E-state index contributed by atoms with van der Waals surface area (Å²) in [7, 11) is 5.40. The SMILES string of the molecule is CNC(=O)NC(=O)[C@H](Sc1nc2ccccc2c(=O)n1CCCN(C)C)c1ccccc1. The second-order valence-electron chi connectivity index (χ2n) is 7.50. The van der Waals surface area contributed by atoms with Gasteiger partial charge in [-0.05, 0) is 44.8 Å². The van der Waals surface area contributed by atoms with Crippen LogP contribution in [0.2, 0.25) is 0 Å². The number of hydrogen-bond donors (Lipinski definition) is 2. The maximum atomic E-state index is 13.3. The quantitative estimate of drug-likeness (QED) is 0.402. The Hall–Kier alpha value is -3.17. The number of hydrogen-bond acceptors (Lipinski definition) is 6. The predicted molar refractivity (Wildman–Crippen MR) is 127 cm³/mol. The molecule has 3 amide bonds. The van der Waals surface area contributed by atoms with Crippen molar-refractivity contribution in [2.24, 2.45) is 0 Å². The van der Waals surface area contributed by atoms with E-state index in [1.165, 1.54) is 7.05 Å². The average Bonchev–Trinajstić information content (AvgIpc) is 2.79. The van der Waals surface area contributed by atoms with Crippen molar-refractivity contribution in [3.63, 3.8) is 0 Å². The smallest absolute Gasteiger partial charge is 0.321 e. The van der Waals surface area contributed by atoms with Crippen molar-refractivity contribution >= 4 is 34.6 Å². The van der Waals surface area contributed by atoms with Crippen molar-refractivity contribution in [1.82, 2.24) is 25.1 Å². The standard InChI is InChI=1S/C23H27N5O3S/c1-24-22(31)26-20(29)19(16-10-5-4-6-11-16)32-23-25-18-13-8-7-12-17(18)21(30)28(23)15-9-14-27(2)3/h4-8,10-13,19H,9,14-15H2,1-3H3,(H2,24,26,29,31)/t19-/m1/s1. The number of nitrogens with zero attached hydrogens (tertiary/aromatic N) is 3. The zero-order valence-corrected chi connectivity index (χ0v) is 19.2. The van der Waals surface area contributed by atoms with E-state index in [4.69, 9.17) is 4.98 Å². The van der Waals surface area contributed by atoms with Gasteiger partial charge >= 0.3 is 6.03 Å². The summed E-state index contributed by atoms with van der Waals surface area (Å²) in [5, 5.41) is 4.95. The molecule has 0 saturated heterocycles. The van der Waals surface area contributed by atoms with Gasteiger partial charge < -0.3 is 10.2 Å². The van der Waals surface area contributed by atoms with Crippen LogP contribution in [0.25, 0.3) is 10.9 Å². The van der Waals surface area contributed by atoms with Crippen LogP contribution in [0.1, 0.15) is 17.2 Å². The second-order valence-corrected chi connectivity index (χ2v) is 8.57. The maximum Gasteiger partial charge on any atom is 0.321 e. The van der Waals surface area contributed by atoms with Crippen molar-refractivity contribution in [3.05, 3.63) is 70.5 Å². The Morgan fingerprint density at radius 1 is 1.09 bits per heavy atom. The zero-order valence-electron chi connectivity index (χ0n) is 18.4. The van der Waals surface area contributed by atoms with Crippen LogP contribution in [0.3, 0.4) is 0 Å². The van der Waals surface area contributed by atoms with Gasteiger partial charge in [0.15, 0.2) is 5.16 Å².